The molecule has 0 amide bonds. The van der Waals surface area contributed by atoms with Crippen LogP contribution in [0.4, 0.5) is 0 Å². The molecule has 0 aliphatic heterocycles. The highest BCUT2D eigenvalue weighted by Gasteiger charge is 2.01. The number of ether oxygens (including phenoxy) is 1. The molecular formula is C7H7BrClNO. The second-order valence-corrected chi connectivity index (χ2v) is 3.04. The first-order chi connectivity index (χ1) is 5.27. The number of nitrogens with zero attached hydrogens (tertiary/aromatic N) is 1. The minimum absolute atomic E-state index is 0.387. The van der Waals surface area contributed by atoms with Crippen LogP contribution in [-0.2, 0) is 5.88 Å². The van der Waals surface area contributed by atoms with E-state index in [-0.39, 0.29) is 0 Å². The molecule has 0 aliphatic rings. The van der Waals surface area contributed by atoms with Gasteiger partial charge in [0, 0.05) is 10.5 Å². The first-order valence-corrected chi connectivity index (χ1v) is 4.36. The van der Waals surface area contributed by atoms with Gasteiger partial charge in [-0.25, -0.2) is 4.98 Å². The van der Waals surface area contributed by atoms with Gasteiger partial charge in [-0.1, -0.05) is 0 Å². The van der Waals surface area contributed by atoms with Gasteiger partial charge in [-0.15, -0.1) is 11.6 Å². The van der Waals surface area contributed by atoms with Crippen LogP contribution in [0.5, 0.6) is 5.88 Å². The highest BCUT2D eigenvalue weighted by molar-refractivity contribution is 9.10. The van der Waals surface area contributed by atoms with E-state index in [2.05, 4.69) is 20.9 Å². The van der Waals surface area contributed by atoms with Crippen LogP contribution in [0, 0.1) is 0 Å². The Hall–Kier alpha value is -0.280. The molecule has 0 spiro atoms. The van der Waals surface area contributed by atoms with Crippen LogP contribution in [0.2, 0.25) is 0 Å². The average molecular weight is 236 g/mol. The predicted molar refractivity (Wildman–Crippen MR) is 48.0 cm³/mol. The molecule has 0 atom stereocenters. The van der Waals surface area contributed by atoms with Gasteiger partial charge in [-0.05, 0) is 22.0 Å². The molecule has 11 heavy (non-hydrogen) atoms. The number of alkyl halides is 1. The fourth-order valence-electron chi connectivity index (χ4n) is 0.672. The van der Waals surface area contributed by atoms with E-state index >= 15 is 0 Å². The normalized spacial score (nSPS) is 9.73. The molecule has 0 saturated heterocycles. The summed E-state index contributed by atoms with van der Waals surface area (Å²) in [7, 11) is 1.58. The van der Waals surface area contributed by atoms with E-state index in [9.17, 15) is 0 Å². The van der Waals surface area contributed by atoms with Crippen molar-refractivity contribution in [3.63, 3.8) is 0 Å². The van der Waals surface area contributed by atoms with Crippen LogP contribution in [0.15, 0.2) is 16.6 Å². The van der Waals surface area contributed by atoms with Gasteiger partial charge in [-0.2, -0.15) is 0 Å². The van der Waals surface area contributed by atoms with Crippen molar-refractivity contribution in [2.24, 2.45) is 0 Å². The van der Waals surface area contributed by atoms with Crippen molar-refractivity contribution in [1.82, 2.24) is 4.98 Å². The lowest BCUT2D eigenvalue weighted by Crippen LogP contribution is -1.91. The lowest BCUT2D eigenvalue weighted by molar-refractivity contribution is 0.396. The fraction of sp³-hybridized carbons (Fsp3) is 0.286. The fourth-order valence-corrected chi connectivity index (χ4v) is 1.40. The SMILES string of the molecule is COc1ccc(Br)c(CCl)n1. The van der Waals surface area contributed by atoms with Crippen molar-refractivity contribution < 1.29 is 4.74 Å². The molecule has 0 saturated carbocycles. The predicted octanol–water partition coefficient (Wildman–Crippen LogP) is 2.59. The lowest BCUT2D eigenvalue weighted by atomic mass is 10.4. The van der Waals surface area contributed by atoms with Crippen LogP contribution < -0.4 is 4.74 Å². The van der Waals surface area contributed by atoms with Gasteiger partial charge >= 0.3 is 0 Å². The molecule has 0 unspecified atom stereocenters. The number of aromatic nitrogens is 1. The van der Waals surface area contributed by atoms with E-state index in [1.54, 1.807) is 13.2 Å². The summed E-state index contributed by atoms with van der Waals surface area (Å²) in [6, 6.07) is 3.64. The van der Waals surface area contributed by atoms with Crippen LogP contribution in [0.1, 0.15) is 5.69 Å². The van der Waals surface area contributed by atoms with Crippen LogP contribution in [0.25, 0.3) is 0 Å². The molecule has 0 aliphatic carbocycles. The summed E-state index contributed by atoms with van der Waals surface area (Å²) in [5.41, 5.74) is 0.797. The van der Waals surface area contributed by atoms with Crippen LogP contribution >= 0.6 is 27.5 Å². The lowest BCUT2D eigenvalue weighted by Gasteiger charge is -2.01. The Morgan fingerprint density at radius 3 is 2.91 bits per heavy atom. The Kier molecular flexibility index (Phi) is 3.15. The molecule has 60 valence electrons. The van der Waals surface area contributed by atoms with Gasteiger partial charge < -0.3 is 4.74 Å². The van der Waals surface area contributed by atoms with Gasteiger partial charge in [0.05, 0.1) is 18.7 Å². The van der Waals surface area contributed by atoms with Gasteiger partial charge in [0.2, 0.25) is 5.88 Å². The van der Waals surface area contributed by atoms with Crippen molar-refractivity contribution in [2.45, 2.75) is 5.88 Å². The Morgan fingerprint density at radius 1 is 1.64 bits per heavy atom. The Balaban J connectivity index is 3.02. The van der Waals surface area contributed by atoms with Gasteiger partial charge in [0.15, 0.2) is 0 Å². The Bertz CT molecular complexity index is 254. The summed E-state index contributed by atoms with van der Waals surface area (Å²) in [4.78, 5) is 4.11. The van der Waals surface area contributed by atoms with Gasteiger partial charge in [-0.3, -0.25) is 0 Å². The largest absolute Gasteiger partial charge is 0.481 e. The molecule has 1 aromatic rings. The minimum atomic E-state index is 0.387. The maximum absolute atomic E-state index is 5.61. The van der Waals surface area contributed by atoms with Crippen molar-refractivity contribution >= 4 is 27.5 Å². The first kappa shape index (κ1) is 8.81. The molecule has 0 N–H and O–H groups in total. The van der Waals surface area contributed by atoms with E-state index in [1.807, 2.05) is 6.07 Å². The standard InChI is InChI=1S/C7H7BrClNO/c1-11-7-3-2-5(8)6(4-9)10-7/h2-3H,4H2,1H3. The summed E-state index contributed by atoms with van der Waals surface area (Å²) in [6.07, 6.45) is 0. The summed E-state index contributed by atoms with van der Waals surface area (Å²) < 4.78 is 5.83. The van der Waals surface area contributed by atoms with Gasteiger partial charge in [0.1, 0.15) is 0 Å². The van der Waals surface area contributed by atoms with E-state index < -0.39 is 0 Å². The highest BCUT2D eigenvalue weighted by atomic mass is 79.9. The van der Waals surface area contributed by atoms with Gasteiger partial charge in [0.25, 0.3) is 0 Å². The zero-order chi connectivity index (χ0) is 8.27. The second kappa shape index (κ2) is 3.93. The third-order valence-corrected chi connectivity index (χ3v) is 2.20. The maximum atomic E-state index is 5.61. The van der Waals surface area contributed by atoms with Crippen molar-refractivity contribution in [1.29, 1.82) is 0 Å². The molecule has 0 bridgehead atoms. The molecule has 1 rings (SSSR count). The number of rotatable bonds is 2. The second-order valence-electron chi connectivity index (χ2n) is 1.92. The molecule has 0 fully saturated rings. The number of halogens is 2. The number of methoxy groups -OCH3 is 1. The maximum Gasteiger partial charge on any atom is 0.213 e. The molecule has 2 nitrogen and oxygen atoms in total. The summed E-state index contributed by atoms with van der Waals surface area (Å²) >= 11 is 8.93. The Morgan fingerprint density at radius 2 is 2.36 bits per heavy atom. The third kappa shape index (κ3) is 2.07. The summed E-state index contributed by atoms with van der Waals surface area (Å²) in [5, 5.41) is 0. The number of hydrogen-bond donors (Lipinski definition) is 0. The summed E-state index contributed by atoms with van der Waals surface area (Å²) in [6.45, 7) is 0. The number of hydrogen-bond acceptors (Lipinski definition) is 2. The average Bonchev–Trinajstić information content (AvgIpc) is 2.05. The van der Waals surface area contributed by atoms with E-state index in [4.69, 9.17) is 16.3 Å². The number of pyridine rings is 1. The molecule has 0 radical (unpaired) electrons. The van der Waals surface area contributed by atoms with E-state index in [0.717, 1.165) is 10.2 Å². The molecule has 1 aromatic heterocycles. The van der Waals surface area contributed by atoms with Crippen molar-refractivity contribution in [3.05, 3.63) is 22.3 Å². The van der Waals surface area contributed by atoms with Crippen molar-refractivity contribution in [2.75, 3.05) is 7.11 Å². The molecule has 0 aromatic carbocycles. The highest BCUT2D eigenvalue weighted by Crippen LogP contribution is 2.19. The molecule has 1 heterocycles. The quantitative estimate of drug-likeness (QED) is 0.737. The van der Waals surface area contributed by atoms with E-state index in [1.165, 1.54) is 0 Å². The zero-order valence-corrected chi connectivity index (χ0v) is 8.32. The topological polar surface area (TPSA) is 22.1 Å². The smallest absolute Gasteiger partial charge is 0.213 e. The molecule has 4 heteroatoms. The van der Waals surface area contributed by atoms with Crippen LogP contribution in [0.3, 0.4) is 0 Å². The minimum Gasteiger partial charge on any atom is -0.481 e. The van der Waals surface area contributed by atoms with Crippen molar-refractivity contribution in [3.8, 4) is 5.88 Å². The zero-order valence-electron chi connectivity index (χ0n) is 5.97. The Labute approximate surface area is 78.7 Å². The van der Waals surface area contributed by atoms with E-state index in [0.29, 0.717) is 11.8 Å². The van der Waals surface area contributed by atoms with Crippen LogP contribution in [-0.4, -0.2) is 12.1 Å². The first-order valence-electron chi connectivity index (χ1n) is 3.03. The molecular weight excluding hydrogens is 229 g/mol. The summed E-state index contributed by atoms with van der Waals surface area (Å²) in [5.74, 6) is 0.974. The monoisotopic (exact) mass is 235 g/mol. The third-order valence-electron chi connectivity index (χ3n) is 1.23.